The molecule has 1 spiro atoms. The van der Waals surface area contributed by atoms with Gasteiger partial charge in [-0.15, -0.1) is 0 Å². The van der Waals surface area contributed by atoms with Gasteiger partial charge in [0.1, 0.15) is 18.1 Å². The van der Waals surface area contributed by atoms with Crippen LogP contribution in [0, 0.1) is 5.41 Å². The van der Waals surface area contributed by atoms with E-state index in [1.54, 1.807) is 12.4 Å². The summed E-state index contributed by atoms with van der Waals surface area (Å²) >= 11 is 0. The molecule has 8 nitrogen and oxygen atoms in total. The molecule has 0 unspecified atom stereocenters. The fourth-order valence-electron chi connectivity index (χ4n) is 6.72. The second-order valence-corrected chi connectivity index (χ2v) is 11.8. The molecule has 2 aliphatic rings. The molecule has 0 saturated carbocycles. The van der Waals surface area contributed by atoms with Gasteiger partial charge in [0.15, 0.2) is 0 Å². The van der Waals surface area contributed by atoms with Crippen molar-refractivity contribution in [2.24, 2.45) is 12.5 Å². The number of fused-ring (bicyclic) bond motifs is 2. The van der Waals surface area contributed by atoms with Crippen LogP contribution >= 0.6 is 0 Å². The number of carbonyl (C=O) groups is 2. The largest absolute Gasteiger partial charge is 0.491 e. The van der Waals surface area contributed by atoms with Crippen molar-refractivity contribution < 1.29 is 14.3 Å². The lowest BCUT2D eigenvalue weighted by atomic mass is 9.73. The molecule has 2 amide bonds. The molecule has 1 saturated heterocycles. The maximum Gasteiger partial charge on any atom is 0.274 e. The zero-order valence-corrected chi connectivity index (χ0v) is 24.4. The number of likely N-dealkylation sites (tertiary alicyclic amines) is 1. The van der Waals surface area contributed by atoms with Crippen LogP contribution in [0.25, 0.3) is 10.9 Å². The lowest BCUT2D eigenvalue weighted by molar-refractivity contribution is -0.133. The van der Waals surface area contributed by atoms with Gasteiger partial charge in [-0.25, -0.2) is 4.98 Å². The van der Waals surface area contributed by atoms with Crippen molar-refractivity contribution in [3.05, 3.63) is 90.1 Å². The SMILES string of the molecule is Cn1cc(CC(=O)N2CCC3(CCCCc4ccccc4OCCN(C(=O)c4cnccn4)C3)CC2)c2ccccc21. The maximum atomic E-state index is 13.7. The molecular formula is C34H39N5O3. The third kappa shape index (κ3) is 6.03. The van der Waals surface area contributed by atoms with Gasteiger partial charge in [-0.2, -0.15) is 0 Å². The lowest BCUT2D eigenvalue weighted by Crippen LogP contribution is -2.50. The first kappa shape index (κ1) is 27.9. The Balaban J connectivity index is 1.19. The van der Waals surface area contributed by atoms with Crippen molar-refractivity contribution >= 4 is 22.7 Å². The van der Waals surface area contributed by atoms with Crippen molar-refractivity contribution in [1.82, 2.24) is 24.3 Å². The Morgan fingerprint density at radius 2 is 1.74 bits per heavy atom. The van der Waals surface area contributed by atoms with E-state index in [0.29, 0.717) is 44.9 Å². The molecule has 0 bridgehead atoms. The molecule has 6 rings (SSSR count). The first-order valence-electron chi connectivity index (χ1n) is 15.1. The molecule has 42 heavy (non-hydrogen) atoms. The summed E-state index contributed by atoms with van der Waals surface area (Å²) in [6, 6.07) is 16.5. The second kappa shape index (κ2) is 12.3. The van der Waals surface area contributed by atoms with E-state index in [1.807, 2.05) is 41.1 Å². The van der Waals surface area contributed by atoms with Gasteiger partial charge in [0.05, 0.1) is 19.2 Å². The third-order valence-corrected chi connectivity index (χ3v) is 9.09. The molecule has 1 fully saturated rings. The molecule has 4 aromatic rings. The Kier molecular flexibility index (Phi) is 8.22. The average Bonchev–Trinajstić information content (AvgIpc) is 3.34. The van der Waals surface area contributed by atoms with Crippen LogP contribution < -0.4 is 4.74 Å². The van der Waals surface area contributed by atoms with E-state index in [0.717, 1.165) is 60.7 Å². The molecule has 2 aliphatic heterocycles. The van der Waals surface area contributed by atoms with Crippen LogP contribution in [0.4, 0.5) is 0 Å². The van der Waals surface area contributed by atoms with Crippen LogP contribution in [0.15, 0.2) is 73.3 Å². The Labute approximate surface area is 247 Å². The topological polar surface area (TPSA) is 80.6 Å². The number of carbonyl (C=O) groups excluding carboxylic acids is 2. The number of nitrogens with zero attached hydrogens (tertiary/aromatic N) is 5. The van der Waals surface area contributed by atoms with E-state index in [1.165, 1.54) is 11.8 Å². The van der Waals surface area contributed by atoms with Crippen LogP contribution in [-0.4, -0.2) is 68.9 Å². The van der Waals surface area contributed by atoms with Crippen LogP contribution in [-0.2, 0) is 24.7 Å². The van der Waals surface area contributed by atoms with Crippen molar-refractivity contribution in [2.75, 3.05) is 32.8 Å². The van der Waals surface area contributed by atoms with Gasteiger partial charge in [-0.3, -0.25) is 14.6 Å². The van der Waals surface area contributed by atoms with Crippen molar-refractivity contribution in [1.29, 1.82) is 0 Å². The Morgan fingerprint density at radius 1 is 0.929 bits per heavy atom. The molecule has 2 aromatic heterocycles. The number of hydrogen-bond donors (Lipinski definition) is 0. The predicted octanol–water partition coefficient (Wildman–Crippen LogP) is 5.07. The van der Waals surface area contributed by atoms with E-state index in [-0.39, 0.29) is 17.2 Å². The van der Waals surface area contributed by atoms with E-state index < -0.39 is 0 Å². The monoisotopic (exact) mass is 565 g/mol. The second-order valence-electron chi connectivity index (χ2n) is 11.8. The molecular weight excluding hydrogens is 526 g/mol. The number of para-hydroxylation sites is 2. The quantitative estimate of drug-likeness (QED) is 0.347. The summed E-state index contributed by atoms with van der Waals surface area (Å²) in [4.78, 5) is 39.5. The van der Waals surface area contributed by atoms with E-state index in [9.17, 15) is 9.59 Å². The van der Waals surface area contributed by atoms with Gasteiger partial charge in [-0.1, -0.05) is 42.8 Å². The van der Waals surface area contributed by atoms with Gasteiger partial charge in [0.25, 0.3) is 5.91 Å². The van der Waals surface area contributed by atoms with Crippen molar-refractivity contribution in [3.8, 4) is 5.75 Å². The number of aryl methyl sites for hydroxylation is 2. The Morgan fingerprint density at radius 3 is 2.57 bits per heavy atom. The normalized spacial score (nSPS) is 17.6. The molecule has 8 heteroatoms. The van der Waals surface area contributed by atoms with E-state index >= 15 is 0 Å². The number of aromatic nitrogens is 3. The predicted molar refractivity (Wildman–Crippen MR) is 162 cm³/mol. The van der Waals surface area contributed by atoms with E-state index in [4.69, 9.17) is 4.74 Å². The van der Waals surface area contributed by atoms with Gasteiger partial charge >= 0.3 is 0 Å². The highest BCUT2D eigenvalue weighted by atomic mass is 16.5. The van der Waals surface area contributed by atoms with Crippen LogP contribution in [0.1, 0.15) is 53.7 Å². The molecule has 0 radical (unpaired) electrons. The zero-order valence-electron chi connectivity index (χ0n) is 24.4. The number of benzene rings is 2. The summed E-state index contributed by atoms with van der Waals surface area (Å²) in [6.45, 7) is 2.91. The van der Waals surface area contributed by atoms with Crippen LogP contribution in [0.5, 0.6) is 5.75 Å². The summed E-state index contributed by atoms with van der Waals surface area (Å²) in [5, 5.41) is 1.14. The van der Waals surface area contributed by atoms with Gasteiger partial charge < -0.3 is 19.1 Å². The Bertz CT molecular complexity index is 1540. The first-order chi connectivity index (χ1) is 20.5. The van der Waals surface area contributed by atoms with Gasteiger partial charge in [0.2, 0.25) is 5.91 Å². The molecule has 2 aromatic carbocycles. The minimum atomic E-state index is -0.120. The highest BCUT2D eigenvalue weighted by Crippen LogP contribution is 2.39. The number of piperidine rings is 1. The van der Waals surface area contributed by atoms with Crippen LogP contribution in [0.2, 0.25) is 0 Å². The molecule has 0 aliphatic carbocycles. The van der Waals surface area contributed by atoms with Gasteiger partial charge in [-0.05, 0) is 60.8 Å². The summed E-state index contributed by atoms with van der Waals surface area (Å²) in [5.41, 5.74) is 3.72. The summed E-state index contributed by atoms with van der Waals surface area (Å²) < 4.78 is 8.30. The maximum absolute atomic E-state index is 13.7. The van der Waals surface area contributed by atoms with E-state index in [2.05, 4.69) is 45.0 Å². The molecule has 218 valence electrons. The summed E-state index contributed by atoms with van der Waals surface area (Å²) in [7, 11) is 2.03. The minimum Gasteiger partial charge on any atom is -0.491 e. The number of amides is 2. The number of rotatable bonds is 3. The number of hydrogen-bond acceptors (Lipinski definition) is 5. The molecule has 4 heterocycles. The fourth-order valence-corrected chi connectivity index (χ4v) is 6.72. The highest BCUT2D eigenvalue weighted by molar-refractivity contribution is 5.92. The smallest absolute Gasteiger partial charge is 0.274 e. The van der Waals surface area contributed by atoms with Crippen molar-refractivity contribution in [3.63, 3.8) is 0 Å². The standard InChI is InChI=1S/C34H39N5O3/c1-37-24-27(28-10-3-4-11-30(28)37)22-32(40)38-18-14-34(15-19-38)13-7-6-9-26-8-2-5-12-31(26)42-21-20-39(25-34)33(41)29-23-35-16-17-36-29/h2-5,8,10-12,16-17,23-24H,6-7,9,13-15,18-22,25H2,1H3. The molecule has 0 N–H and O–H groups in total. The van der Waals surface area contributed by atoms with Crippen LogP contribution in [0.3, 0.4) is 0 Å². The zero-order chi connectivity index (χ0) is 28.9. The Hall–Kier alpha value is -4.20. The first-order valence-corrected chi connectivity index (χ1v) is 15.1. The molecule has 0 atom stereocenters. The summed E-state index contributed by atoms with van der Waals surface area (Å²) in [5.74, 6) is 0.954. The van der Waals surface area contributed by atoms with Crippen molar-refractivity contribution in [2.45, 2.75) is 44.9 Å². The minimum absolute atomic E-state index is 0.0627. The fraction of sp³-hybridized carbons (Fsp3) is 0.412. The van der Waals surface area contributed by atoms with Gasteiger partial charge in [0, 0.05) is 56.2 Å². The number of ether oxygens (including phenoxy) is 1. The third-order valence-electron chi connectivity index (χ3n) is 9.09. The average molecular weight is 566 g/mol. The lowest BCUT2D eigenvalue weighted by Gasteiger charge is -2.45. The highest BCUT2D eigenvalue weighted by Gasteiger charge is 2.38. The summed E-state index contributed by atoms with van der Waals surface area (Å²) in [6.07, 6.45) is 13.0.